The number of ether oxygens (including phenoxy) is 1. The van der Waals surface area contributed by atoms with Crippen LogP contribution in [0, 0.1) is 6.92 Å². The minimum atomic E-state index is -0.946. The first-order valence-electron chi connectivity index (χ1n) is 9.84. The number of aryl methyl sites for hydroxylation is 1. The molecule has 1 atom stereocenters. The van der Waals surface area contributed by atoms with E-state index in [1.165, 1.54) is 29.6 Å². The molecule has 1 amide bonds. The topological polar surface area (TPSA) is 92.9 Å². The SMILES string of the molecule is COc1cccc(/C(O)=C2\C(=O)C(=O)N(c3nc4ccc(C)cc4s3)[C@@H]2c2ccco2)c1. The highest BCUT2D eigenvalue weighted by molar-refractivity contribution is 7.22. The molecule has 3 heterocycles. The Hall–Kier alpha value is -3.91. The predicted molar refractivity (Wildman–Crippen MR) is 121 cm³/mol. The molecule has 1 saturated heterocycles. The molecular weight excluding hydrogens is 428 g/mol. The van der Waals surface area contributed by atoms with Gasteiger partial charge in [0.2, 0.25) is 0 Å². The number of Topliss-reactive ketones (excluding diaryl/α,β-unsaturated/α-hetero) is 1. The van der Waals surface area contributed by atoms with Gasteiger partial charge in [0, 0.05) is 5.56 Å². The molecule has 0 aliphatic carbocycles. The summed E-state index contributed by atoms with van der Waals surface area (Å²) in [6.45, 7) is 1.97. The van der Waals surface area contributed by atoms with Gasteiger partial charge in [0.25, 0.3) is 5.78 Å². The van der Waals surface area contributed by atoms with Gasteiger partial charge in [-0.3, -0.25) is 14.5 Å². The molecule has 1 fully saturated rings. The zero-order chi connectivity index (χ0) is 22.4. The molecule has 5 rings (SSSR count). The van der Waals surface area contributed by atoms with E-state index in [1.807, 2.05) is 25.1 Å². The number of nitrogens with zero attached hydrogens (tertiary/aromatic N) is 2. The summed E-state index contributed by atoms with van der Waals surface area (Å²) in [7, 11) is 1.51. The zero-order valence-corrected chi connectivity index (χ0v) is 18.1. The maximum Gasteiger partial charge on any atom is 0.302 e. The van der Waals surface area contributed by atoms with Crippen molar-refractivity contribution in [1.82, 2.24) is 4.98 Å². The van der Waals surface area contributed by atoms with Gasteiger partial charge in [0.1, 0.15) is 23.3 Å². The Morgan fingerprint density at radius 3 is 2.75 bits per heavy atom. The number of hydrogen-bond acceptors (Lipinski definition) is 7. The molecule has 160 valence electrons. The Kier molecular flexibility index (Phi) is 4.79. The highest BCUT2D eigenvalue weighted by atomic mass is 32.1. The number of hydrogen-bond donors (Lipinski definition) is 1. The Balaban J connectivity index is 1.71. The number of thiazole rings is 1. The largest absolute Gasteiger partial charge is 0.507 e. The van der Waals surface area contributed by atoms with Crippen LogP contribution in [-0.4, -0.2) is 28.9 Å². The summed E-state index contributed by atoms with van der Waals surface area (Å²) in [5, 5.41) is 11.5. The molecular formula is C24H18N2O5S. The third kappa shape index (κ3) is 3.16. The molecule has 1 aliphatic heterocycles. The van der Waals surface area contributed by atoms with Crippen molar-refractivity contribution in [3.8, 4) is 5.75 Å². The summed E-state index contributed by atoms with van der Waals surface area (Å²) in [6, 6.07) is 14.8. The molecule has 2 aromatic carbocycles. The summed E-state index contributed by atoms with van der Waals surface area (Å²) < 4.78 is 11.7. The average molecular weight is 446 g/mol. The average Bonchev–Trinajstić information content (AvgIpc) is 3.52. The van der Waals surface area contributed by atoms with Crippen molar-refractivity contribution in [2.45, 2.75) is 13.0 Å². The number of amides is 1. The lowest BCUT2D eigenvalue weighted by Crippen LogP contribution is -2.29. The Bertz CT molecular complexity index is 1390. The number of fused-ring (bicyclic) bond motifs is 1. The third-order valence-corrected chi connectivity index (χ3v) is 6.36. The summed E-state index contributed by atoms with van der Waals surface area (Å²) in [5.74, 6) is -1.01. The first-order chi connectivity index (χ1) is 15.5. The lowest BCUT2D eigenvalue weighted by Gasteiger charge is -2.20. The van der Waals surface area contributed by atoms with Crippen molar-refractivity contribution in [2.24, 2.45) is 0 Å². The molecule has 0 saturated carbocycles. The second-order valence-corrected chi connectivity index (χ2v) is 8.39. The van der Waals surface area contributed by atoms with Crippen molar-refractivity contribution in [2.75, 3.05) is 12.0 Å². The second kappa shape index (κ2) is 7.65. The molecule has 0 spiro atoms. The van der Waals surface area contributed by atoms with Crippen LogP contribution in [0.5, 0.6) is 5.75 Å². The number of aromatic nitrogens is 1. The quantitative estimate of drug-likeness (QED) is 0.274. The van der Waals surface area contributed by atoms with Crippen molar-refractivity contribution >= 4 is 44.1 Å². The standard InChI is InChI=1S/C24H18N2O5S/c1-13-8-9-16-18(11-13)32-24(25-16)26-20(17-7-4-10-31-17)19(22(28)23(26)29)21(27)14-5-3-6-15(12-14)30-2/h3-12,20,27H,1-2H3/b21-19+/t20-/m1/s1. The fourth-order valence-corrected chi connectivity index (χ4v) is 4.88. The number of methoxy groups -OCH3 is 1. The number of furan rings is 1. The van der Waals surface area contributed by atoms with Crippen molar-refractivity contribution in [1.29, 1.82) is 0 Å². The van der Waals surface area contributed by atoms with E-state index in [0.29, 0.717) is 22.2 Å². The number of benzene rings is 2. The smallest absolute Gasteiger partial charge is 0.302 e. The maximum atomic E-state index is 13.2. The van der Waals surface area contributed by atoms with Crippen molar-refractivity contribution < 1.29 is 23.8 Å². The molecule has 0 radical (unpaired) electrons. The number of aliphatic hydroxyl groups excluding tert-OH is 1. The van der Waals surface area contributed by atoms with Gasteiger partial charge in [-0.2, -0.15) is 0 Å². The van der Waals surface area contributed by atoms with Gasteiger partial charge in [0.15, 0.2) is 5.13 Å². The molecule has 1 N–H and O–H groups in total. The van der Waals surface area contributed by atoms with E-state index in [-0.39, 0.29) is 11.3 Å². The molecule has 7 nitrogen and oxygen atoms in total. The summed E-state index contributed by atoms with van der Waals surface area (Å²) in [4.78, 5) is 32.2. The molecule has 0 bridgehead atoms. The summed E-state index contributed by atoms with van der Waals surface area (Å²) in [6.07, 6.45) is 1.46. The van der Waals surface area contributed by atoms with Crippen LogP contribution >= 0.6 is 11.3 Å². The lowest BCUT2D eigenvalue weighted by atomic mass is 9.99. The number of anilines is 1. The number of rotatable bonds is 4. The minimum absolute atomic E-state index is 0.0614. The molecule has 32 heavy (non-hydrogen) atoms. The van der Waals surface area contributed by atoms with Gasteiger partial charge in [-0.25, -0.2) is 4.98 Å². The van der Waals surface area contributed by atoms with E-state index in [1.54, 1.807) is 36.4 Å². The monoisotopic (exact) mass is 446 g/mol. The van der Waals surface area contributed by atoms with E-state index in [9.17, 15) is 14.7 Å². The van der Waals surface area contributed by atoms with Crippen LogP contribution in [-0.2, 0) is 9.59 Å². The van der Waals surface area contributed by atoms with E-state index in [4.69, 9.17) is 9.15 Å². The Morgan fingerprint density at radius 1 is 1.16 bits per heavy atom. The van der Waals surface area contributed by atoms with E-state index in [0.717, 1.165) is 15.8 Å². The molecule has 0 unspecified atom stereocenters. The highest BCUT2D eigenvalue weighted by Crippen LogP contribution is 2.44. The van der Waals surface area contributed by atoms with Crippen LogP contribution in [0.3, 0.4) is 0 Å². The normalized spacial score (nSPS) is 17.9. The van der Waals surface area contributed by atoms with Crippen LogP contribution in [0.2, 0.25) is 0 Å². The fraction of sp³-hybridized carbons (Fsp3) is 0.125. The number of ketones is 1. The van der Waals surface area contributed by atoms with E-state index in [2.05, 4.69) is 4.98 Å². The lowest BCUT2D eigenvalue weighted by molar-refractivity contribution is -0.132. The molecule has 4 aromatic rings. The Morgan fingerprint density at radius 2 is 2.00 bits per heavy atom. The minimum Gasteiger partial charge on any atom is -0.507 e. The van der Waals surface area contributed by atoms with Crippen molar-refractivity contribution in [3.63, 3.8) is 0 Å². The van der Waals surface area contributed by atoms with Gasteiger partial charge >= 0.3 is 5.91 Å². The molecule has 8 heteroatoms. The van der Waals surface area contributed by atoms with Crippen LogP contribution < -0.4 is 9.64 Å². The highest BCUT2D eigenvalue weighted by Gasteiger charge is 2.49. The van der Waals surface area contributed by atoms with Gasteiger partial charge in [-0.15, -0.1) is 0 Å². The van der Waals surface area contributed by atoms with Crippen LogP contribution in [0.4, 0.5) is 5.13 Å². The number of carbonyl (C=O) groups is 2. The van der Waals surface area contributed by atoms with Crippen LogP contribution in [0.1, 0.15) is 22.9 Å². The Labute approximate surface area is 187 Å². The van der Waals surface area contributed by atoms with E-state index >= 15 is 0 Å². The van der Waals surface area contributed by atoms with Crippen LogP contribution in [0.15, 0.2) is 70.9 Å². The van der Waals surface area contributed by atoms with E-state index < -0.39 is 17.7 Å². The van der Waals surface area contributed by atoms with Crippen LogP contribution in [0.25, 0.3) is 16.0 Å². The number of aliphatic hydroxyl groups is 1. The summed E-state index contributed by atoms with van der Waals surface area (Å²) >= 11 is 1.31. The molecule has 2 aromatic heterocycles. The second-order valence-electron chi connectivity index (χ2n) is 7.38. The first kappa shape index (κ1) is 20.0. The van der Waals surface area contributed by atoms with Crippen molar-refractivity contribution in [3.05, 3.63) is 83.3 Å². The van der Waals surface area contributed by atoms with Gasteiger partial charge in [-0.1, -0.05) is 29.5 Å². The third-order valence-electron chi connectivity index (χ3n) is 5.34. The van der Waals surface area contributed by atoms with Gasteiger partial charge in [-0.05, 0) is 48.9 Å². The fourth-order valence-electron chi connectivity index (χ4n) is 3.79. The maximum absolute atomic E-state index is 13.2. The van der Waals surface area contributed by atoms with Gasteiger partial charge in [0.05, 0.1) is 29.2 Å². The number of carbonyl (C=O) groups excluding carboxylic acids is 2. The predicted octanol–water partition coefficient (Wildman–Crippen LogP) is 4.83. The summed E-state index contributed by atoms with van der Waals surface area (Å²) in [5.41, 5.74) is 2.09. The molecule has 1 aliphatic rings. The van der Waals surface area contributed by atoms with Gasteiger partial charge < -0.3 is 14.3 Å². The first-order valence-corrected chi connectivity index (χ1v) is 10.7. The zero-order valence-electron chi connectivity index (χ0n) is 17.2.